The SMILES string of the molecule is COc1c(C)cc(Br)cc1C(=O)Nc1ccc(C)c(C)c1. The molecule has 0 unspecified atom stereocenters. The number of carbonyl (C=O) groups excluding carboxylic acids is 1. The van der Waals surface area contributed by atoms with Gasteiger partial charge in [-0.15, -0.1) is 0 Å². The average Bonchev–Trinajstić information content (AvgIpc) is 2.42. The molecule has 110 valence electrons. The second-order valence-electron chi connectivity index (χ2n) is 5.06. The van der Waals surface area contributed by atoms with Gasteiger partial charge in [-0.05, 0) is 61.7 Å². The summed E-state index contributed by atoms with van der Waals surface area (Å²) in [7, 11) is 1.57. The maximum Gasteiger partial charge on any atom is 0.259 e. The molecule has 0 aromatic heterocycles. The van der Waals surface area contributed by atoms with Crippen molar-refractivity contribution in [1.82, 2.24) is 0 Å². The average molecular weight is 348 g/mol. The van der Waals surface area contributed by atoms with Gasteiger partial charge < -0.3 is 10.1 Å². The Morgan fingerprint density at radius 2 is 1.76 bits per heavy atom. The second kappa shape index (κ2) is 6.31. The van der Waals surface area contributed by atoms with E-state index in [4.69, 9.17) is 4.74 Å². The van der Waals surface area contributed by atoms with Crippen LogP contribution in [0.3, 0.4) is 0 Å². The van der Waals surface area contributed by atoms with Gasteiger partial charge in [-0.2, -0.15) is 0 Å². The molecule has 1 N–H and O–H groups in total. The van der Waals surface area contributed by atoms with Crippen LogP contribution < -0.4 is 10.1 Å². The van der Waals surface area contributed by atoms with Crippen molar-refractivity contribution >= 4 is 27.5 Å². The van der Waals surface area contributed by atoms with Gasteiger partial charge in [0, 0.05) is 10.2 Å². The smallest absolute Gasteiger partial charge is 0.259 e. The number of halogens is 1. The molecule has 0 fully saturated rings. The lowest BCUT2D eigenvalue weighted by atomic mass is 10.1. The summed E-state index contributed by atoms with van der Waals surface area (Å²) in [6, 6.07) is 9.55. The molecule has 0 bridgehead atoms. The van der Waals surface area contributed by atoms with Crippen molar-refractivity contribution in [2.45, 2.75) is 20.8 Å². The number of hydrogen-bond acceptors (Lipinski definition) is 2. The summed E-state index contributed by atoms with van der Waals surface area (Å²) < 4.78 is 6.20. The van der Waals surface area contributed by atoms with E-state index in [0.717, 1.165) is 21.3 Å². The van der Waals surface area contributed by atoms with Crippen molar-refractivity contribution < 1.29 is 9.53 Å². The first kappa shape index (κ1) is 15.6. The van der Waals surface area contributed by atoms with Crippen LogP contribution in [0.25, 0.3) is 0 Å². The van der Waals surface area contributed by atoms with Gasteiger partial charge in [0.15, 0.2) is 0 Å². The standard InChI is InChI=1S/C17H18BrNO2/c1-10-5-6-14(8-11(10)2)19-17(20)15-9-13(18)7-12(3)16(15)21-4/h5-9H,1-4H3,(H,19,20). The maximum absolute atomic E-state index is 12.5. The number of anilines is 1. The van der Waals surface area contributed by atoms with Crippen LogP contribution in [0, 0.1) is 20.8 Å². The molecule has 21 heavy (non-hydrogen) atoms. The van der Waals surface area contributed by atoms with Crippen molar-refractivity contribution in [3.8, 4) is 5.75 Å². The number of carbonyl (C=O) groups is 1. The molecule has 0 aliphatic carbocycles. The Hall–Kier alpha value is -1.81. The zero-order valence-corrected chi connectivity index (χ0v) is 14.2. The Labute approximate surface area is 133 Å². The number of aryl methyl sites for hydroxylation is 3. The summed E-state index contributed by atoms with van der Waals surface area (Å²) in [6.07, 6.45) is 0. The molecule has 0 aliphatic heterocycles. The van der Waals surface area contributed by atoms with Crippen molar-refractivity contribution in [2.24, 2.45) is 0 Å². The lowest BCUT2D eigenvalue weighted by molar-refractivity contribution is 0.102. The van der Waals surface area contributed by atoms with Gasteiger partial charge in [0.1, 0.15) is 5.75 Å². The second-order valence-corrected chi connectivity index (χ2v) is 5.97. The molecule has 2 aromatic rings. The van der Waals surface area contributed by atoms with Crippen LogP contribution in [0.4, 0.5) is 5.69 Å². The Morgan fingerprint density at radius 1 is 1.05 bits per heavy atom. The summed E-state index contributed by atoms with van der Waals surface area (Å²) >= 11 is 3.42. The molecule has 0 radical (unpaired) electrons. The molecule has 2 aromatic carbocycles. The number of methoxy groups -OCH3 is 1. The van der Waals surface area contributed by atoms with E-state index in [9.17, 15) is 4.79 Å². The Kier molecular flexibility index (Phi) is 4.68. The Balaban J connectivity index is 2.34. The molecule has 0 heterocycles. The predicted molar refractivity (Wildman–Crippen MR) is 89.3 cm³/mol. The molecular formula is C17H18BrNO2. The van der Waals surface area contributed by atoms with Crippen molar-refractivity contribution in [3.63, 3.8) is 0 Å². The van der Waals surface area contributed by atoms with E-state index in [1.165, 1.54) is 5.56 Å². The molecule has 4 heteroatoms. The summed E-state index contributed by atoms with van der Waals surface area (Å²) in [4.78, 5) is 12.5. The van der Waals surface area contributed by atoms with Crippen LogP contribution in [0.15, 0.2) is 34.8 Å². The predicted octanol–water partition coefficient (Wildman–Crippen LogP) is 4.64. The Bertz CT molecular complexity index is 695. The molecule has 0 saturated carbocycles. The van der Waals surface area contributed by atoms with Crippen LogP contribution in [0.2, 0.25) is 0 Å². The molecular weight excluding hydrogens is 330 g/mol. The van der Waals surface area contributed by atoms with E-state index >= 15 is 0 Å². The molecule has 0 atom stereocenters. The Morgan fingerprint density at radius 3 is 2.38 bits per heavy atom. The lowest BCUT2D eigenvalue weighted by Gasteiger charge is -2.13. The van der Waals surface area contributed by atoms with Gasteiger partial charge in [-0.3, -0.25) is 4.79 Å². The zero-order chi connectivity index (χ0) is 15.6. The highest BCUT2D eigenvalue weighted by Gasteiger charge is 2.16. The third kappa shape index (κ3) is 3.45. The fraction of sp³-hybridized carbons (Fsp3) is 0.235. The number of benzene rings is 2. The van der Waals surface area contributed by atoms with Gasteiger partial charge >= 0.3 is 0 Å². The number of amides is 1. The van der Waals surface area contributed by atoms with E-state index in [0.29, 0.717) is 11.3 Å². The highest BCUT2D eigenvalue weighted by Crippen LogP contribution is 2.28. The maximum atomic E-state index is 12.5. The van der Waals surface area contributed by atoms with Gasteiger partial charge in [0.05, 0.1) is 12.7 Å². The monoisotopic (exact) mass is 347 g/mol. The molecule has 0 saturated heterocycles. The molecule has 2 rings (SSSR count). The first-order chi connectivity index (χ1) is 9.92. The van der Waals surface area contributed by atoms with Crippen molar-refractivity contribution in [1.29, 1.82) is 0 Å². The van der Waals surface area contributed by atoms with Crippen LogP contribution in [-0.2, 0) is 0 Å². The van der Waals surface area contributed by atoms with Gasteiger partial charge in [0.2, 0.25) is 0 Å². The van der Waals surface area contributed by atoms with E-state index < -0.39 is 0 Å². The van der Waals surface area contributed by atoms with E-state index in [1.807, 2.05) is 45.0 Å². The molecule has 0 spiro atoms. The summed E-state index contributed by atoms with van der Waals surface area (Å²) in [6.45, 7) is 5.98. The summed E-state index contributed by atoms with van der Waals surface area (Å²) in [5.74, 6) is 0.416. The fourth-order valence-electron chi connectivity index (χ4n) is 2.19. The minimum absolute atomic E-state index is 0.181. The molecule has 1 amide bonds. The van der Waals surface area contributed by atoms with Gasteiger partial charge in [-0.25, -0.2) is 0 Å². The lowest BCUT2D eigenvalue weighted by Crippen LogP contribution is -2.14. The number of nitrogens with one attached hydrogen (secondary N) is 1. The third-order valence-electron chi connectivity index (χ3n) is 3.45. The zero-order valence-electron chi connectivity index (χ0n) is 12.6. The van der Waals surface area contributed by atoms with Gasteiger partial charge in [0.25, 0.3) is 5.91 Å². The highest BCUT2D eigenvalue weighted by atomic mass is 79.9. The number of rotatable bonds is 3. The normalized spacial score (nSPS) is 10.3. The van der Waals surface area contributed by atoms with Crippen LogP contribution >= 0.6 is 15.9 Å². The quantitative estimate of drug-likeness (QED) is 0.878. The van der Waals surface area contributed by atoms with E-state index in [1.54, 1.807) is 13.2 Å². The number of ether oxygens (including phenoxy) is 1. The molecule has 3 nitrogen and oxygen atoms in total. The number of hydrogen-bond donors (Lipinski definition) is 1. The van der Waals surface area contributed by atoms with Crippen LogP contribution in [-0.4, -0.2) is 13.0 Å². The third-order valence-corrected chi connectivity index (χ3v) is 3.91. The minimum atomic E-state index is -0.181. The first-order valence-corrected chi connectivity index (χ1v) is 7.44. The van der Waals surface area contributed by atoms with Gasteiger partial charge in [-0.1, -0.05) is 22.0 Å². The topological polar surface area (TPSA) is 38.3 Å². The first-order valence-electron chi connectivity index (χ1n) is 6.65. The minimum Gasteiger partial charge on any atom is -0.496 e. The van der Waals surface area contributed by atoms with E-state index in [-0.39, 0.29) is 5.91 Å². The van der Waals surface area contributed by atoms with Crippen LogP contribution in [0.1, 0.15) is 27.0 Å². The molecule has 0 aliphatic rings. The van der Waals surface area contributed by atoms with Crippen LogP contribution in [0.5, 0.6) is 5.75 Å². The summed E-state index contributed by atoms with van der Waals surface area (Å²) in [5, 5.41) is 2.92. The van der Waals surface area contributed by atoms with E-state index in [2.05, 4.69) is 21.2 Å². The summed E-state index contributed by atoms with van der Waals surface area (Å²) in [5.41, 5.74) is 4.55. The van der Waals surface area contributed by atoms with Crippen molar-refractivity contribution in [2.75, 3.05) is 12.4 Å². The largest absolute Gasteiger partial charge is 0.496 e. The highest BCUT2D eigenvalue weighted by molar-refractivity contribution is 9.10. The van der Waals surface area contributed by atoms with Crippen molar-refractivity contribution in [3.05, 3.63) is 57.1 Å². The fourth-order valence-corrected chi connectivity index (χ4v) is 2.76.